The highest BCUT2D eigenvalue weighted by Crippen LogP contribution is 2.50. The number of aromatic amines is 2. The summed E-state index contributed by atoms with van der Waals surface area (Å²) in [6, 6.07) is 6.01. The van der Waals surface area contributed by atoms with Crippen LogP contribution in [0.5, 0.6) is 0 Å². The number of aromatic nitrogens is 3. The summed E-state index contributed by atoms with van der Waals surface area (Å²) < 4.78 is 0. The molecule has 0 aliphatic heterocycles. The summed E-state index contributed by atoms with van der Waals surface area (Å²) >= 11 is 0. The van der Waals surface area contributed by atoms with Crippen LogP contribution in [-0.2, 0) is 5.41 Å². The standard InChI is InChI=1S/C14H12BN3/c1-14(2)9-6-16-18-12(9)13-11(14)8-5-7(15)3-4-10(8)17-13/h3-6,17H,1-2H3,(H,16,18). The lowest BCUT2D eigenvalue weighted by Gasteiger charge is -2.19. The van der Waals surface area contributed by atoms with Gasteiger partial charge in [0.25, 0.3) is 0 Å². The summed E-state index contributed by atoms with van der Waals surface area (Å²) in [6.07, 6.45) is 1.92. The van der Waals surface area contributed by atoms with Crippen LogP contribution in [0.25, 0.3) is 22.3 Å². The smallest absolute Gasteiger partial charge is 0.113 e. The van der Waals surface area contributed by atoms with E-state index >= 15 is 0 Å². The van der Waals surface area contributed by atoms with E-state index in [1.54, 1.807) is 0 Å². The van der Waals surface area contributed by atoms with E-state index < -0.39 is 0 Å². The summed E-state index contributed by atoms with van der Waals surface area (Å²) in [4.78, 5) is 3.47. The fourth-order valence-electron chi connectivity index (χ4n) is 3.13. The Kier molecular flexibility index (Phi) is 1.60. The summed E-state index contributed by atoms with van der Waals surface area (Å²) in [6.45, 7) is 4.45. The van der Waals surface area contributed by atoms with Crippen LogP contribution in [0.4, 0.5) is 0 Å². The predicted octanol–water partition coefficient (Wildman–Crippen LogP) is 1.99. The van der Waals surface area contributed by atoms with Crippen LogP contribution >= 0.6 is 0 Å². The van der Waals surface area contributed by atoms with E-state index in [1.807, 2.05) is 24.4 Å². The third-order valence-corrected chi connectivity index (χ3v) is 4.01. The minimum absolute atomic E-state index is 0.0380. The summed E-state index contributed by atoms with van der Waals surface area (Å²) in [5.41, 5.74) is 6.69. The molecule has 3 nitrogen and oxygen atoms in total. The maximum atomic E-state index is 5.91. The van der Waals surface area contributed by atoms with Gasteiger partial charge in [-0.3, -0.25) is 5.10 Å². The van der Waals surface area contributed by atoms with Crippen LogP contribution < -0.4 is 5.46 Å². The second kappa shape index (κ2) is 2.89. The normalized spacial score (nSPS) is 15.9. The maximum absolute atomic E-state index is 5.91. The van der Waals surface area contributed by atoms with E-state index in [-0.39, 0.29) is 5.41 Å². The van der Waals surface area contributed by atoms with Gasteiger partial charge in [0, 0.05) is 21.9 Å². The molecular formula is C14H12BN3. The van der Waals surface area contributed by atoms with E-state index in [1.165, 1.54) is 16.5 Å². The van der Waals surface area contributed by atoms with Gasteiger partial charge in [0.05, 0.1) is 17.6 Å². The molecule has 1 aromatic carbocycles. The Morgan fingerprint density at radius 2 is 2.06 bits per heavy atom. The van der Waals surface area contributed by atoms with Gasteiger partial charge >= 0.3 is 0 Å². The number of nitrogens with one attached hydrogen (secondary N) is 2. The lowest BCUT2D eigenvalue weighted by atomic mass is 9.82. The number of H-pyrrole nitrogens is 2. The number of benzene rings is 1. The van der Waals surface area contributed by atoms with Crippen molar-refractivity contribution in [3.63, 3.8) is 0 Å². The summed E-state index contributed by atoms with van der Waals surface area (Å²) in [5.74, 6) is 0. The minimum Gasteiger partial charge on any atom is -0.353 e. The Bertz CT molecular complexity index is 780. The highest BCUT2D eigenvalue weighted by Gasteiger charge is 2.39. The van der Waals surface area contributed by atoms with Crippen LogP contribution in [0, 0.1) is 0 Å². The summed E-state index contributed by atoms with van der Waals surface area (Å²) in [7, 11) is 5.91. The third-order valence-electron chi connectivity index (χ3n) is 4.01. The Hall–Kier alpha value is -1.97. The SMILES string of the molecule is [B]c1ccc2[nH]c3c(c2c1)C(C)(C)c1cn[nH]c1-3. The average Bonchev–Trinajstić information content (AvgIpc) is 2.94. The van der Waals surface area contributed by atoms with Crippen LogP contribution in [-0.4, -0.2) is 23.0 Å². The molecule has 2 N–H and O–H groups in total. The first kappa shape index (κ1) is 10.0. The van der Waals surface area contributed by atoms with E-state index in [2.05, 4.69) is 29.0 Å². The minimum atomic E-state index is -0.0380. The molecule has 3 aromatic rings. The van der Waals surface area contributed by atoms with Crippen LogP contribution in [0.15, 0.2) is 24.4 Å². The van der Waals surface area contributed by atoms with Gasteiger partial charge in [-0.1, -0.05) is 31.4 Å². The molecule has 1 aliphatic carbocycles. The van der Waals surface area contributed by atoms with Crippen molar-refractivity contribution in [1.82, 2.24) is 15.2 Å². The number of fused-ring (bicyclic) bond motifs is 5. The van der Waals surface area contributed by atoms with Crippen LogP contribution in [0.1, 0.15) is 25.0 Å². The van der Waals surface area contributed by atoms with E-state index in [0.29, 0.717) is 0 Å². The first-order valence-electron chi connectivity index (χ1n) is 6.05. The molecule has 0 bridgehead atoms. The molecule has 4 rings (SSSR count). The van der Waals surface area contributed by atoms with Gasteiger partial charge in [-0.25, -0.2) is 0 Å². The highest BCUT2D eigenvalue weighted by atomic mass is 15.1. The molecule has 0 saturated carbocycles. The Balaban J connectivity index is 2.19. The van der Waals surface area contributed by atoms with E-state index in [0.717, 1.165) is 22.4 Å². The molecule has 2 heterocycles. The highest BCUT2D eigenvalue weighted by molar-refractivity contribution is 6.33. The molecule has 86 valence electrons. The monoisotopic (exact) mass is 233 g/mol. The zero-order valence-corrected chi connectivity index (χ0v) is 10.3. The molecule has 0 atom stereocenters. The Morgan fingerprint density at radius 3 is 2.89 bits per heavy atom. The molecule has 0 amide bonds. The molecule has 0 fully saturated rings. The van der Waals surface area contributed by atoms with Gasteiger partial charge in [0.15, 0.2) is 0 Å². The maximum Gasteiger partial charge on any atom is 0.113 e. The van der Waals surface area contributed by atoms with Crippen LogP contribution in [0.2, 0.25) is 0 Å². The third kappa shape index (κ3) is 0.992. The lowest BCUT2D eigenvalue weighted by molar-refractivity contribution is 0.666. The molecule has 2 radical (unpaired) electrons. The van der Waals surface area contributed by atoms with Gasteiger partial charge in [-0.05, 0) is 11.6 Å². The van der Waals surface area contributed by atoms with Crippen molar-refractivity contribution in [3.8, 4) is 11.4 Å². The first-order valence-corrected chi connectivity index (χ1v) is 6.05. The topological polar surface area (TPSA) is 44.5 Å². The quantitative estimate of drug-likeness (QED) is 0.573. The lowest BCUT2D eigenvalue weighted by Crippen LogP contribution is -2.14. The van der Waals surface area contributed by atoms with Crippen molar-refractivity contribution in [1.29, 1.82) is 0 Å². The average molecular weight is 233 g/mol. The molecule has 0 saturated heterocycles. The van der Waals surface area contributed by atoms with Gasteiger partial charge < -0.3 is 4.98 Å². The zero-order chi connectivity index (χ0) is 12.5. The van der Waals surface area contributed by atoms with E-state index in [9.17, 15) is 0 Å². The number of nitrogens with zero attached hydrogens (tertiary/aromatic N) is 1. The van der Waals surface area contributed by atoms with Crippen molar-refractivity contribution in [3.05, 3.63) is 35.5 Å². The Morgan fingerprint density at radius 1 is 1.22 bits per heavy atom. The van der Waals surface area contributed by atoms with Crippen molar-refractivity contribution < 1.29 is 0 Å². The molecule has 4 heteroatoms. The molecule has 0 unspecified atom stereocenters. The number of hydrogen-bond donors (Lipinski definition) is 2. The van der Waals surface area contributed by atoms with Crippen molar-refractivity contribution >= 4 is 24.2 Å². The van der Waals surface area contributed by atoms with Gasteiger partial charge in [0.1, 0.15) is 7.85 Å². The number of rotatable bonds is 0. The van der Waals surface area contributed by atoms with Gasteiger partial charge in [-0.2, -0.15) is 5.10 Å². The second-order valence-corrected chi connectivity index (χ2v) is 5.46. The molecule has 18 heavy (non-hydrogen) atoms. The Labute approximate surface area is 106 Å². The largest absolute Gasteiger partial charge is 0.353 e. The van der Waals surface area contributed by atoms with Crippen molar-refractivity contribution in [2.45, 2.75) is 19.3 Å². The molecule has 0 spiro atoms. The van der Waals surface area contributed by atoms with Crippen molar-refractivity contribution in [2.75, 3.05) is 0 Å². The molecular weight excluding hydrogens is 221 g/mol. The predicted molar refractivity (Wildman–Crippen MR) is 73.4 cm³/mol. The fourth-order valence-corrected chi connectivity index (χ4v) is 3.13. The van der Waals surface area contributed by atoms with E-state index in [4.69, 9.17) is 7.85 Å². The fraction of sp³-hybridized carbons (Fsp3) is 0.214. The first-order chi connectivity index (χ1) is 8.59. The molecule has 1 aliphatic rings. The number of hydrogen-bond acceptors (Lipinski definition) is 1. The summed E-state index contributed by atoms with van der Waals surface area (Å²) in [5, 5.41) is 8.46. The zero-order valence-electron chi connectivity index (χ0n) is 10.3. The molecule has 2 aromatic heterocycles. The van der Waals surface area contributed by atoms with Gasteiger partial charge in [0.2, 0.25) is 0 Å². The van der Waals surface area contributed by atoms with Gasteiger partial charge in [-0.15, -0.1) is 0 Å². The second-order valence-electron chi connectivity index (χ2n) is 5.46. The van der Waals surface area contributed by atoms with Crippen LogP contribution in [0.3, 0.4) is 0 Å². The van der Waals surface area contributed by atoms with Crippen molar-refractivity contribution in [2.24, 2.45) is 0 Å².